The molecule has 0 bridgehead atoms. The first kappa shape index (κ1) is 14.9. The lowest BCUT2D eigenvalue weighted by Crippen LogP contribution is -2.49. The minimum atomic E-state index is -0.0974. The van der Waals surface area contributed by atoms with Crippen LogP contribution in [0.5, 0.6) is 0 Å². The summed E-state index contributed by atoms with van der Waals surface area (Å²) in [6.45, 7) is 5.90. The van der Waals surface area contributed by atoms with Crippen molar-refractivity contribution in [2.24, 2.45) is 5.92 Å². The molecule has 0 heterocycles. The van der Waals surface area contributed by atoms with E-state index in [1.54, 1.807) is 6.92 Å². The maximum absolute atomic E-state index is 11.5. The van der Waals surface area contributed by atoms with Gasteiger partial charge in [-0.05, 0) is 19.3 Å². The van der Waals surface area contributed by atoms with Gasteiger partial charge >= 0.3 is 5.96 Å². The van der Waals surface area contributed by atoms with Gasteiger partial charge in [0.15, 0.2) is 5.78 Å². The molecule has 1 atom stereocenters. The smallest absolute Gasteiger partial charge is 0.296 e. The zero-order valence-electron chi connectivity index (χ0n) is 11.7. The molecule has 4 heteroatoms. The largest absolute Gasteiger partial charge is 0.347 e. The number of rotatable bonds is 4. The Morgan fingerprint density at radius 1 is 1.31 bits per heavy atom. The Morgan fingerprint density at radius 2 is 1.81 bits per heavy atom. The molecule has 0 aromatic rings. The summed E-state index contributed by atoms with van der Waals surface area (Å²) in [5, 5.41) is 3.30. The van der Waals surface area contributed by atoms with Gasteiger partial charge in [-0.1, -0.05) is 13.8 Å². The van der Waals surface area contributed by atoms with E-state index in [4.69, 9.17) is 0 Å². The van der Waals surface area contributed by atoms with Crippen LogP contribution in [0.3, 0.4) is 0 Å². The summed E-state index contributed by atoms with van der Waals surface area (Å²) in [5.41, 5.74) is 0. The summed E-state index contributed by atoms with van der Waals surface area (Å²) in [6, 6.07) is -0.0974. The molecule has 0 fully saturated rings. The summed E-state index contributed by atoms with van der Waals surface area (Å²) >= 11 is 0. The topological polar surface area (TPSA) is 35.4 Å². The highest BCUT2D eigenvalue weighted by Gasteiger charge is 2.23. The second kappa shape index (κ2) is 6.51. The first-order valence-electron chi connectivity index (χ1n) is 5.74. The molecule has 1 N–H and O–H groups in total. The van der Waals surface area contributed by atoms with Crippen LogP contribution in [0.1, 0.15) is 27.2 Å². The van der Waals surface area contributed by atoms with Gasteiger partial charge in [0.1, 0.15) is 6.04 Å². The van der Waals surface area contributed by atoms with Crippen molar-refractivity contribution in [3.63, 3.8) is 0 Å². The summed E-state index contributed by atoms with van der Waals surface area (Å²) < 4.78 is 1.98. The fourth-order valence-corrected chi connectivity index (χ4v) is 1.61. The summed E-state index contributed by atoms with van der Waals surface area (Å²) in [4.78, 5) is 13.5. The van der Waals surface area contributed by atoms with Crippen molar-refractivity contribution >= 4 is 11.7 Å². The van der Waals surface area contributed by atoms with E-state index in [1.807, 2.05) is 37.7 Å². The van der Waals surface area contributed by atoms with Gasteiger partial charge in [-0.2, -0.15) is 0 Å². The van der Waals surface area contributed by atoms with Gasteiger partial charge in [0.2, 0.25) is 0 Å². The van der Waals surface area contributed by atoms with E-state index in [-0.39, 0.29) is 11.8 Å². The van der Waals surface area contributed by atoms with Crippen molar-refractivity contribution < 1.29 is 9.37 Å². The van der Waals surface area contributed by atoms with Crippen LogP contribution in [0.15, 0.2) is 0 Å². The van der Waals surface area contributed by atoms with Gasteiger partial charge < -0.3 is 0 Å². The summed E-state index contributed by atoms with van der Waals surface area (Å²) in [7, 11) is 7.87. The van der Waals surface area contributed by atoms with Crippen LogP contribution < -0.4 is 5.32 Å². The molecule has 0 aromatic heterocycles. The number of Topliss-reactive ketones (excluding diaryl/α,β-unsaturated/α-hetero) is 1. The highest BCUT2D eigenvalue weighted by atomic mass is 16.1. The average Bonchev–Trinajstić information content (AvgIpc) is 2.09. The van der Waals surface area contributed by atoms with Crippen LogP contribution in [0.25, 0.3) is 0 Å². The van der Waals surface area contributed by atoms with Gasteiger partial charge in [-0.3, -0.25) is 19.6 Å². The summed E-state index contributed by atoms with van der Waals surface area (Å²) in [6.07, 6.45) is 0.862. The first-order chi connectivity index (χ1) is 7.25. The van der Waals surface area contributed by atoms with E-state index in [9.17, 15) is 4.79 Å². The van der Waals surface area contributed by atoms with Gasteiger partial charge in [-0.25, -0.2) is 0 Å². The maximum atomic E-state index is 11.5. The van der Waals surface area contributed by atoms with Gasteiger partial charge in [0.05, 0.1) is 28.2 Å². The van der Waals surface area contributed by atoms with E-state index >= 15 is 0 Å². The molecular formula is C12H26N3O+. The zero-order chi connectivity index (χ0) is 12.9. The molecule has 16 heavy (non-hydrogen) atoms. The number of hydrogen-bond acceptors (Lipinski definition) is 1. The van der Waals surface area contributed by atoms with Crippen LogP contribution in [0.2, 0.25) is 0 Å². The van der Waals surface area contributed by atoms with Crippen molar-refractivity contribution in [2.75, 3.05) is 28.2 Å². The lowest BCUT2D eigenvalue weighted by Gasteiger charge is -2.19. The number of nitrogens with zero attached hydrogens (tertiary/aromatic N) is 2. The number of hydrogen-bond donors (Lipinski definition) is 1. The Bertz CT molecular complexity index is 265. The number of nitrogens with one attached hydrogen (secondary N) is 1. The number of guanidine groups is 1. The van der Waals surface area contributed by atoms with Crippen molar-refractivity contribution in [1.82, 2.24) is 10.2 Å². The Hall–Kier alpha value is -1.06. The third-order valence-corrected chi connectivity index (χ3v) is 2.35. The van der Waals surface area contributed by atoms with Crippen molar-refractivity contribution in [3.05, 3.63) is 0 Å². The lowest BCUT2D eigenvalue weighted by atomic mass is 10.0. The molecule has 0 saturated heterocycles. The normalized spacial score (nSPS) is 12.2. The van der Waals surface area contributed by atoms with Crippen LogP contribution in [-0.4, -0.2) is 55.5 Å². The molecule has 1 unspecified atom stereocenters. The van der Waals surface area contributed by atoms with Crippen LogP contribution in [0.4, 0.5) is 0 Å². The van der Waals surface area contributed by atoms with E-state index < -0.39 is 0 Å². The number of carbonyl (C=O) groups excluding carboxylic acids is 1. The fourth-order valence-electron chi connectivity index (χ4n) is 1.61. The first-order valence-corrected chi connectivity index (χ1v) is 5.74. The molecule has 0 aliphatic rings. The van der Waals surface area contributed by atoms with E-state index in [0.29, 0.717) is 5.92 Å². The Labute approximate surface area is 99.3 Å². The zero-order valence-corrected chi connectivity index (χ0v) is 11.7. The van der Waals surface area contributed by atoms with E-state index in [2.05, 4.69) is 19.2 Å². The second-order valence-electron chi connectivity index (χ2n) is 5.05. The van der Waals surface area contributed by atoms with Crippen LogP contribution >= 0.6 is 0 Å². The monoisotopic (exact) mass is 228 g/mol. The quantitative estimate of drug-likeness (QED) is 0.438. The molecule has 0 aromatic carbocycles. The molecule has 4 nitrogen and oxygen atoms in total. The van der Waals surface area contributed by atoms with Crippen molar-refractivity contribution in [1.29, 1.82) is 0 Å². The highest BCUT2D eigenvalue weighted by Crippen LogP contribution is 2.05. The number of carbonyl (C=O) groups is 1. The number of ketones is 1. The van der Waals surface area contributed by atoms with Crippen LogP contribution in [0, 0.1) is 5.92 Å². The molecule has 0 aliphatic carbocycles. The predicted molar refractivity (Wildman–Crippen MR) is 67.9 cm³/mol. The molecular weight excluding hydrogens is 202 g/mol. The molecule has 0 aliphatic heterocycles. The van der Waals surface area contributed by atoms with Gasteiger partial charge in [0, 0.05) is 0 Å². The lowest BCUT2D eigenvalue weighted by molar-refractivity contribution is -0.472. The van der Waals surface area contributed by atoms with Crippen molar-refractivity contribution in [2.45, 2.75) is 33.2 Å². The molecule has 0 amide bonds. The van der Waals surface area contributed by atoms with Crippen LogP contribution in [-0.2, 0) is 4.79 Å². The average molecular weight is 228 g/mol. The van der Waals surface area contributed by atoms with Gasteiger partial charge in [0.25, 0.3) is 0 Å². The van der Waals surface area contributed by atoms with E-state index in [0.717, 1.165) is 12.4 Å². The Morgan fingerprint density at radius 3 is 2.06 bits per heavy atom. The third kappa shape index (κ3) is 5.14. The maximum Gasteiger partial charge on any atom is 0.347 e. The minimum Gasteiger partial charge on any atom is -0.296 e. The van der Waals surface area contributed by atoms with Gasteiger partial charge in [-0.15, -0.1) is 0 Å². The summed E-state index contributed by atoms with van der Waals surface area (Å²) in [5.74, 6) is 1.66. The molecule has 0 rings (SSSR count). The molecule has 0 spiro atoms. The fraction of sp³-hybridized carbons (Fsp3) is 0.833. The van der Waals surface area contributed by atoms with Crippen molar-refractivity contribution in [3.8, 4) is 0 Å². The minimum absolute atomic E-state index is 0.0974. The molecule has 0 saturated carbocycles. The Balaban J connectivity index is 4.73. The SMILES string of the molecule is CC(=O)C(CC(C)C)NC(N(C)C)=[N+](C)C. The Kier molecular flexibility index (Phi) is 6.08. The standard InChI is InChI=1S/C12H25N3O/c1-9(2)8-11(10(3)16)13-12(14(4)5)15(6)7/h9,11H,8H2,1-7H3/p+1. The van der Waals surface area contributed by atoms with E-state index in [1.165, 1.54) is 0 Å². The molecule has 94 valence electrons. The third-order valence-electron chi connectivity index (χ3n) is 2.35. The second-order valence-corrected chi connectivity index (χ2v) is 5.05. The molecule has 0 radical (unpaired) electrons. The predicted octanol–water partition coefficient (Wildman–Crippen LogP) is 0.769. The highest BCUT2D eigenvalue weighted by molar-refractivity contribution is 5.86.